The molecule has 0 atom stereocenters. The highest BCUT2D eigenvalue weighted by Gasteiger charge is 2.26. The van der Waals surface area contributed by atoms with Crippen molar-refractivity contribution in [1.29, 1.82) is 0 Å². The first-order chi connectivity index (χ1) is 32.2. The summed E-state index contributed by atoms with van der Waals surface area (Å²) in [4.78, 5) is 4.70. The van der Waals surface area contributed by atoms with E-state index in [0.29, 0.717) is 10.8 Å². The van der Waals surface area contributed by atoms with E-state index < -0.39 is 0 Å². The SMILES string of the molecule is Fc1c2ccccc2cc2c3cc(N(c4ccccc4)c4ccccc4)cc4c5cc6c7cc8ccccc8cc7c7cc(N(c8ccccc8)c8ccccc8)cc(c5cc(c12)c43)c76. The van der Waals surface area contributed by atoms with Crippen LogP contribution in [0, 0.1) is 5.82 Å². The maximum Gasteiger partial charge on any atom is 0.139 e. The molecule has 0 aromatic heterocycles. The van der Waals surface area contributed by atoms with Crippen molar-refractivity contribution in [2.45, 2.75) is 0 Å². The molecule has 0 unspecified atom stereocenters. The summed E-state index contributed by atoms with van der Waals surface area (Å²) < 4.78 is 17.5. The second-order valence-corrected chi connectivity index (χ2v) is 17.4. The van der Waals surface area contributed by atoms with Crippen LogP contribution in [0.1, 0.15) is 0 Å². The van der Waals surface area contributed by atoms with Gasteiger partial charge in [-0.25, -0.2) is 4.39 Å². The van der Waals surface area contributed by atoms with Gasteiger partial charge in [-0.15, -0.1) is 0 Å². The van der Waals surface area contributed by atoms with E-state index in [4.69, 9.17) is 0 Å². The maximum atomic E-state index is 17.5. The lowest BCUT2D eigenvalue weighted by Crippen LogP contribution is -2.09. The fraction of sp³-hybridized carbons (Fsp3) is 0. The molecule has 302 valence electrons. The first-order valence-corrected chi connectivity index (χ1v) is 22.3. The van der Waals surface area contributed by atoms with E-state index in [1.165, 1.54) is 37.7 Å². The summed E-state index contributed by atoms with van der Waals surface area (Å²) in [5.74, 6) is -0.176. The fourth-order valence-electron chi connectivity index (χ4n) is 11.1. The van der Waals surface area contributed by atoms with Gasteiger partial charge in [-0.05, 0) is 189 Å². The smallest absolute Gasteiger partial charge is 0.139 e. The topological polar surface area (TPSA) is 6.48 Å². The van der Waals surface area contributed by atoms with Crippen LogP contribution in [-0.4, -0.2) is 0 Å². The second kappa shape index (κ2) is 13.7. The van der Waals surface area contributed by atoms with E-state index in [9.17, 15) is 0 Å². The van der Waals surface area contributed by atoms with Crippen molar-refractivity contribution in [1.82, 2.24) is 0 Å². The van der Waals surface area contributed by atoms with Gasteiger partial charge in [0, 0.05) is 44.9 Å². The van der Waals surface area contributed by atoms with Gasteiger partial charge in [-0.3, -0.25) is 0 Å². The lowest BCUT2D eigenvalue weighted by atomic mass is 9.92. The number of anilines is 6. The number of para-hydroxylation sites is 4. The van der Waals surface area contributed by atoms with Crippen molar-refractivity contribution in [3.05, 3.63) is 230 Å². The molecular weight excluding hydrogens is 792 g/mol. The molecule has 65 heavy (non-hydrogen) atoms. The van der Waals surface area contributed by atoms with Gasteiger partial charge in [-0.1, -0.05) is 121 Å². The number of hydrogen-bond donors (Lipinski definition) is 0. The molecule has 14 rings (SSSR count). The standard InChI is InChI=1S/C62H37FN2/c63-62-47-28-16-15-19-40(47)31-52-56-35-46(65(43-24-9-3-10-25-43)44-26-11-4-12-27-44)34-55-50-36-57-49-30-39-18-14-13-17-38(39)29-48(49)53-32-45(33-54(59(53)57)51(50)37-58(60(55)56)61(52)62)64(41-20-5-1-6-21-41)42-22-7-2-8-23-42/h1-37H. The Kier molecular flexibility index (Phi) is 7.61. The Morgan fingerprint density at radius 2 is 0.523 bits per heavy atom. The van der Waals surface area contributed by atoms with E-state index in [1.54, 1.807) is 0 Å². The third-order valence-electron chi connectivity index (χ3n) is 13.8. The monoisotopic (exact) mass is 828 g/mol. The maximum absolute atomic E-state index is 17.5. The average molecular weight is 829 g/mol. The van der Waals surface area contributed by atoms with Gasteiger partial charge in [-0.2, -0.15) is 0 Å². The largest absolute Gasteiger partial charge is 0.310 e. The van der Waals surface area contributed by atoms with Crippen LogP contribution in [0.3, 0.4) is 0 Å². The summed E-state index contributed by atoms with van der Waals surface area (Å²) in [5.41, 5.74) is 6.33. The molecule has 0 aliphatic carbocycles. The number of halogens is 1. The molecule has 0 N–H and O–H groups in total. The Labute approximate surface area is 373 Å². The van der Waals surface area contributed by atoms with Crippen molar-refractivity contribution in [2.24, 2.45) is 0 Å². The Hall–Kier alpha value is -8.53. The molecule has 0 spiro atoms. The van der Waals surface area contributed by atoms with Gasteiger partial charge in [0.2, 0.25) is 0 Å². The van der Waals surface area contributed by atoms with E-state index in [2.05, 4.69) is 210 Å². The molecule has 14 aromatic carbocycles. The molecule has 0 aliphatic rings. The molecule has 0 fully saturated rings. The first-order valence-electron chi connectivity index (χ1n) is 22.3. The van der Waals surface area contributed by atoms with Gasteiger partial charge in [0.25, 0.3) is 0 Å². The van der Waals surface area contributed by atoms with Crippen molar-refractivity contribution in [2.75, 3.05) is 9.80 Å². The van der Waals surface area contributed by atoms with E-state index in [0.717, 1.165) is 82.6 Å². The molecule has 14 aromatic rings. The van der Waals surface area contributed by atoms with Crippen molar-refractivity contribution in [3.8, 4) is 0 Å². The normalized spacial score (nSPS) is 12.1. The van der Waals surface area contributed by atoms with Crippen LogP contribution in [0.5, 0.6) is 0 Å². The van der Waals surface area contributed by atoms with Crippen molar-refractivity contribution < 1.29 is 4.39 Å². The molecular formula is C62H37FN2. The summed E-state index contributed by atoms with van der Waals surface area (Å²) in [6, 6.07) is 80.1. The Morgan fingerprint density at radius 1 is 0.215 bits per heavy atom. The van der Waals surface area contributed by atoms with Crippen LogP contribution >= 0.6 is 0 Å². The van der Waals surface area contributed by atoms with Crippen LogP contribution in [0.25, 0.3) is 97.0 Å². The predicted molar refractivity (Wildman–Crippen MR) is 276 cm³/mol. The van der Waals surface area contributed by atoms with Crippen LogP contribution in [0.4, 0.5) is 38.5 Å². The molecule has 0 radical (unpaired) electrons. The summed E-state index contributed by atoms with van der Waals surface area (Å²) in [6.45, 7) is 0. The predicted octanol–water partition coefficient (Wildman–Crippen LogP) is 18.0. The lowest BCUT2D eigenvalue weighted by molar-refractivity contribution is 0.652. The third-order valence-corrected chi connectivity index (χ3v) is 13.8. The Morgan fingerprint density at radius 3 is 0.985 bits per heavy atom. The lowest BCUT2D eigenvalue weighted by Gasteiger charge is -2.26. The van der Waals surface area contributed by atoms with Gasteiger partial charge in [0.15, 0.2) is 0 Å². The molecule has 0 saturated heterocycles. The zero-order chi connectivity index (χ0) is 42.8. The van der Waals surface area contributed by atoms with Gasteiger partial charge in [0.1, 0.15) is 5.82 Å². The fourth-order valence-corrected chi connectivity index (χ4v) is 11.1. The summed E-state index contributed by atoms with van der Waals surface area (Å²) >= 11 is 0. The first kappa shape index (κ1) is 36.0. The Balaban J connectivity index is 1.20. The summed E-state index contributed by atoms with van der Waals surface area (Å²) in [6.07, 6.45) is 0. The van der Waals surface area contributed by atoms with E-state index >= 15 is 4.39 Å². The minimum absolute atomic E-state index is 0.176. The number of benzene rings is 12. The van der Waals surface area contributed by atoms with E-state index in [1.807, 2.05) is 24.3 Å². The zero-order valence-electron chi connectivity index (χ0n) is 35.1. The van der Waals surface area contributed by atoms with Crippen LogP contribution in [-0.2, 0) is 0 Å². The molecule has 0 aliphatic heterocycles. The Bertz CT molecular complexity index is 4090. The number of nitrogens with zero attached hydrogens (tertiary/aromatic N) is 2. The highest BCUT2D eigenvalue weighted by atomic mass is 19.1. The molecule has 2 nitrogen and oxygen atoms in total. The van der Waals surface area contributed by atoms with E-state index in [-0.39, 0.29) is 5.82 Å². The van der Waals surface area contributed by atoms with Gasteiger partial charge >= 0.3 is 0 Å². The quantitative estimate of drug-likeness (QED) is 0.154. The molecule has 0 heterocycles. The number of rotatable bonds is 6. The second-order valence-electron chi connectivity index (χ2n) is 17.4. The summed E-state index contributed by atoms with van der Waals surface area (Å²) in [5, 5.41) is 19.2. The third kappa shape index (κ3) is 5.27. The molecule has 0 bridgehead atoms. The van der Waals surface area contributed by atoms with Crippen molar-refractivity contribution in [3.63, 3.8) is 0 Å². The number of fused-ring (bicyclic) bond motifs is 11. The van der Waals surface area contributed by atoms with Crippen LogP contribution in [0.2, 0.25) is 0 Å². The van der Waals surface area contributed by atoms with Gasteiger partial charge < -0.3 is 9.80 Å². The molecule has 0 saturated carbocycles. The van der Waals surface area contributed by atoms with Crippen LogP contribution in [0.15, 0.2) is 224 Å². The van der Waals surface area contributed by atoms with Gasteiger partial charge in [0.05, 0.1) is 0 Å². The van der Waals surface area contributed by atoms with Crippen molar-refractivity contribution >= 4 is 131 Å². The highest BCUT2D eigenvalue weighted by Crippen LogP contribution is 2.52. The highest BCUT2D eigenvalue weighted by molar-refractivity contribution is 6.42. The molecule has 0 amide bonds. The van der Waals surface area contributed by atoms with Crippen LogP contribution < -0.4 is 9.80 Å². The molecule has 3 heteroatoms. The minimum atomic E-state index is -0.176. The number of hydrogen-bond acceptors (Lipinski definition) is 2. The summed E-state index contributed by atoms with van der Waals surface area (Å²) in [7, 11) is 0. The average Bonchev–Trinajstić information content (AvgIpc) is 3.84. The minimum Gasteiger partial charge on any atom is -0.310 e. The zero-order valence-corrected chi connectivity index (χ0v) is 35.1.